The molecule has 0 saturated carbocycles. The van der Waals surface area contributed by atoms with Gasteiger partial charge < -0.3 is 34.8 Å². The molecule has 1 unspecified atom stereocenters. The van der Waals surface area contributed by atoms with Crippen LogP contribution in [0.4, 0.5) is 0 Å². The molecule has 1 saturated heterocycles. The molecule has 3 aromatic heterocycles. The largest absolute Gasteiger partial charge is 0.510 e. The molecule has 3 aliphatic rings. The maximum absolute atomic E-state index is 13.5. The number of aliphatic hydroxyl groups excluding tert-OH is 1. The number of unbranched alkanes of at least 4 members (excludes halogenated alkanes) is 1. The van der Waals surface area contributed by atoms with Crippen LogP contribution < -0.4 is 26.6 Å². The number of rotatable bonds is 11. The van der Waals surface area contributed by atoms with Crippen molar-refractivity contribution in [3.63, 3.8) is 0 Å². The van der Waals surface area contributed by atoms with E-state index < -0.39 is 11.9 Å². The average molecular weight is 707 g/mol. The van der Waals surface area contributed by atoms with E-state index in [2.05, 4.69) is 86.6 Å². The number of aromatic amines is 3. The van der Waals surface area contributed by atoms with E-state index in [1.807, 2.05) is 19.1 Å². The van der Waals surface area contributed by atoms with Gasteiger partial charge in [-0.15, -0.1) is 0 Å². The zero-order valence-corrected chi connectivity index (χ0v) is 31.9. The SMILES string of the molecule is C=Cc1c2[nH]c(c1C)/C=C1\NC(C3=c4[nH]c(c(C)c4=C(O)[C@@H]3C(=O)OC)/C=c3\[nH]/c(c(C)c3CC)=C\2)[C@@H](CCC(=O)OC/C=C(\C)CCCC)[C@@H]1C. The number of H-pyrrole nitrogens is 3. The highest BCUT2D eigenvalue weighted by atomic mass is 16.5. The minimum Gasteiger partial charge on any atom is -0.510 e. The summed E-state index contributed by atoms with van der Waals surface area (Å²) < 4.78 is 11.0. The first-order valence-corrected chi connectivity index (χ1v) is 18.7. The molecule has 1 fully saturated rings. The van der Waals surface area contributed by atoms with E-state index in [4.69, 9.17) is 9.47 Å². The van der Waals surface area contributed by atoms with E-state index in [-0.39, 0.29) is 42.6 Å². The number of aliphatic hydroxyl groups is 1. The quantitative estimate of drug-likeness (QED) is 0.139. The second-order valence-corrected chi connectivity index (χ2v) is 14.7. The zero-order chi connectivity index (χ0) is 37.4. The van der Waals surface area contributed by atoms with Crippen molar-refractivity contribution in [3.05, 3.63) is 90.1 Å². The fraction of sp³-hybridized carbons (Fsp3) is 0.442. The molecular formula is C43H54N4O5. The number of esters is 2. The monoisotopic (exact) mass is 706 g/mol. The molecule has 52 heavy (non-hydrogen) atoms. The number of methoxy groups -OCH3 is 1. The van der Waals surface area contributed by atoms with Gasteiger partial charge in [0.1, 0.15) is 18.3 Å². The lowest BCUT2D eigenvalue weighted by Crippen LogP contribution is -2.38. The highest BCUT2D eigenvalue weighted by Gasteiger charge is 2.47. The van der Waals surface area contributed by atoms with Gasteiger partial charge in [-0.2, -0.15) is 0 Å². The van der Waals surface area contributed by atoms with Crippen molar-refractivity contribution in [1.82, 2.24) is 20.3 Å². The highest BCUT2D eigenvalue weighted by molar-refractivity contribution is 5.95. The normalized spacial score (nSPS) is 22.9. The Morgan fingerprint density at radius 2 is 1.69 bits per heavy atom. The Hall–Kier alpha value is -4.92. The molecule has 1 aliphatic carbocycles. The van der Waals surface area contributed by atoms with E-state index in [1.165, 1.54) is 23.8 Å². The van der Waals surface area contributed by atoms with Gasteiger partial charge in [0.2, 0.25) is 0 Å². The predicted molar refractivity (Wildman–Crippen MR) is 208 cm³/mol. The number of ether oxygens (including phenoxy) is 2. The molecule has 2 aliphatic heterocycles. The summed E-state index contributed by atoms with van der Waals surface area (Å²) in [5.41, 5.74) is 11.0. The maximum atomic E-state index is 13.5. The minimum absolute atomic E-state index is 0.0190. The molecule has 0 amide bonds. The van der Waals surface area contributed by atoms with Gasteiger partial charge in [0, 0.05) is 56.6 Å². The summed E-state index contributed by atoms with van der Waals surface area (Å²) in [5, 5.41) is 19.0. The lowest BCUT2D eigenvalue weighted by atomic mass is 9.80. The molecular weight excluding hydrogens is 652 g/mol. The fourth-order valence-electron chi connectivity index (χ4n) is 8.47. The van der Waals surface area contributed by atoms with E-state index in [0.717, 1.165) is 86.8 Å². The Bertz CT molecular complexity index is 2240. The summed E-state index contributed by atoms with van der Waals surface area (Å²) in [6, 6.07) is -0.387. The fourth-order valence-corrected chi connectivity index (χ4v) is 8.47. The molecule has 5 N–H and O–H groups in total. The van der Waals surface area contributed by atoms with Gasteiger partial charge in [-0.1, -0.05) is 45.4 Å². The molecule has 6 rings (SSSR count). The third kappa shape index (κ3) is 6.50. The first-order valence-electron chi connectivity index (χ1n) is 18.7. The van der Waals surface area contributed by atoms with Gasteiger partial charge in [0.05, 0.1) is 18.5 Å². The molecule has 0 radical (unpaired) electrons. The van der Waals surface area contributed by atoms with Crippen molar-refractivity contribution < 1.29 is 24.2 Å². The van der Waals surface area contributed by atoms with E-state index in [0.29, 0.717) is 11.6 Å². The number of aromatic nitrogens is 3. The van der Waals surface area contributed by atoms with Gasteiger partial charge in [0.25, 0.3) is 0 Å². The molecule has 4 atom stereocenters. The number of hydrogen-bond acceptors (Lipinski definition) is 6. The smallest absolute Gasteiger partial charge is 0.320 e. The molecule has 0 aromatic carbocycles. The van der Waals surface area contributed by atoms with E-state index in [1.54, 1.807) is 0 Å². The van der Waals surface area contributed by atoms with Crippen LogP contribution >= 0.6 is 0 Å². The highest BCUT2D eigenvalue weighted by Crippen LogP contribution is 2.42. The second kappa shape index (κ2) is 15.0. The molecule has 3 aromatic rings. The summed E-state index contributed by atoms with van der Waals surface area (Å²) in [5.74, 6) is -1.92. The van der Waals surface area contributed by atoms with Gasteiger partial charge in [0.15, 0.2) is 0 Å². The van der Waals surface area contributed by atoms with Crippen LogP contribution in [0, 0.1) is 38.5 Å². The summed E-state index contributed by atoms with van der Waals surface area (Å²) in [4.78, 5) is 37.6. The Labute approximate surface area is 306 Å². The van der Waals surface area contributed by atoms with Crippen LogP contribution in [0.2, 0.25) is 0 Å². The van der Waals surface area contributed by atoms with Crippen molar-refractivity contribution in [2.24, 2.45) is 17.8 Å². The number of allylic oxidation sites excluding steroid dienone is 2. The topological polar surface area (TPSA) is 132 Å². The van der Waals surface area contributed by atoms with Crippen LogP contribution in [0.15, 0.2) is 23.9 Å². The second-order valence-electron chi connectivity index (χ2n) is 14.7. The Morgan fingerprint density at radius 3 is 2.38 bits per heavy atom. The molecule has 9 heteroatoms. The standard InChI is InChI=1S/C43H54N4O5/c1-10-13-14-22(4)17-18-52-36(48)16-15-29-25(7)32-19-30-23(5)27(11-2)34(44-30)20-31-24(6)28(12-3)35(45-31)21-33-26(8)37-41(47-33)38(40(29)46-32)39(42(37)49)43(50)51-9/h11,17,19-21,25,29,39-40,44-47,49H,2,10,12-16,18H2,1,3-9H3/b22-17+,31-20-,32-19-,35-21-/t25-,29-,39+,40?/m0/s1. The van der Waals surface area contributed by atoms with Crippen LogP contribution in [0.25, 0.3) is 35.6 Å². The van der Waals surface area contributed by atoms with Crippen molar-refractivity contribution in [3.8, 4) is 0 Å². The van der Waals surface area contributed by atoms with Gasteiger partial charge in [-0.05, 0) is 111 Å². The summed E-state index contributed by atoms with van der Waals surface area (Å²) >= 11 is 0. The van der Waals surface area contributed by atoms with Gasteiger partial charge >= 0.3 is 11.9 Å². The van der Waals surface area contributed by atoms with Crippen molar-refractivity contribution in [2.75, 3.05) is 13.7 Å². The maximum Gasteiger partial charge on any atom is 0.320 e. The number of carbonyl (C=O) groups is 2. The first-order chi connectivity index (χ1) is 24.9. The van der Waals surface area contributed by atoms with Gasteiger partial charge in [-0.25, -0.2) is 0 Å². The third-order valence-electron chi connectivity index (χ3n) is 11.6. The molecule has 276 valence electrons. The summed E-state index contributed by atoms with van der Waals surface area (Å²) in [6.07, 6.45) is 15.1. The van der Waals surface area contributed by atoms with Crippen LogP contribution in [-0.2, 0) is 25.5 Å². The van der Waals surface area contributed by atoms with Crippen LogP contribution in [-0.4, -0.2) is 51.8 Å². The number of carbonyl (C=O) groups excluding carboxylic acids is 2. The number of hydrogen-bond donors (Lipinski definition) is 5. The Kier molecular flexibility index (Phi) is 10.6. The lowest BCUT2D eigenvalue weighted by Gasteiger charge is -2.26. The van der Waals surface area contributed by atoms with E-state index >= 15 is 0 Å². The van der Waals surface area contributed by atoms with Crippen molar-refractivity contribution >= 4 is 47.6 Å². The zero-order valence-electron chi connectivity index (χ0n) is 31.9. The number of fused-ring (bicyclic) bond motifs is 8. The molecule has 8 bridgehead atoms. The molecule has 5 heterocycles. The average Bonchev–Trinajstić information content (AvgIpc) is 3.86. The molecule has 9 nitrogen and oxygen atoms in total. The Morgan fingerprint density at radius 1 is 0.962 bits per heavy atom. The minimum atomic E-state index is -0.987. The Balaban J connectivity index is 1.53. The molecule has 0 spiro atoms. The van der Waals surface area contributed by atoms with E-state index in [9.17, 15) is 14.7 Å². The van der Waals surface area contributed by atoms with Crippen molar-refractivity contribution in [1.29, 1.82) is 0 Å². The lowest BCUT2D eigenvalue weighted by molar-refractivity contribution is -0.143. The van der Waals surface area contributed by atoms with Crippen molar-refractivity contribution in [2.45, 2.75) is 93.0 Å². The third-order valence-corrected chi connectivity index (χ3v) is 11.6. The van der Waals surface area contributed by atoms with Crippen LogP contribution in [0.1, 0.15) is 105 Å². The predicted octanol–water partition coefficient (Wildman–Crippen LogP) is 5.12. The van der Waals surface area contributed by atoms with Gasteiger partial charge in [-0.3, -0.25) is 9.59 Å². The van der Waals surface area contributed by atoms with Crippen LogP contribution in [0.3, 0.4) is 0 Å². The number of nitrogens with one attached hydrogen (secondary N) is 4. The first kappa shape index (κ1) is 36.9. The summed E-state index contributed by atoms with van der Waals surface area (Å²) in [6.45, 7) is 19.1. The van der Waals surface area contributed by atoms with Crippen LogP contribution in [0.5, 0.6) is 0 Å². The summed E-state index contributed by atoms with van der Waals surface area (Å²) in [7, 11) is 1.35.